The number of rotatable bonds is 11. The number of halogens is 1. The van der Waals surface area contributed by atoms with Gasteiger partial charge in [-0.3, -0.25) is 4.55 Å². The number of unbranched alkanes of at least 4 members (excludes halogenated alkanes) is 2. The second kappa shape index (κ2) is 19.6. The number of hydrogen-bond acceptors (Lipinski definition) is 6. The molecular weight excluding hydrogens is 726 g/mol. The normalized spacial score (nSPS) is 22.4. The van der Waals surface area contributed by atoms with Crippen molar-refractivity contribution in [2.75, 3.05) is 23.0 Å². The Bertz CT molecular complexity index is 1910. The van der Waals surface area contributed by atoms with E-state index in [1.54, 1.807) is 0 Å². The number of nitrogens with zero attached hydrogens (tertiary/aromatic N) is 2. The summed E-state index contributed by atoms with van der Waals surface area (Å²) in [6.45, 7) is 11.0. The summed E-state index contributed by atoms with van der Waals surface area (Å²) in [5.74, 6) is -0.453. The van der Waals surface area contributed by atoms with E-state index in [0.717, 1.165) is 64.5 Å². The van der Waals surface area contributed by atoms with Gasteiger partial charge in [-0.2, -0.15) is 8.42 Å². The smallest absolute Gasteiger partial charge is 0.748 e. The first-order chi connectivity index (χ1) is 23.3. The van der Waals surface area contributed by atoms with E-state index in [4.69, 9.17) is 21.5 Å². The van der Waals surface area contributed by atoms with Gasteiger partial charge in [0.1, 0.15) is 0 Å². The Morgan fingerprint density at radius 2 is 1.61 bits per heavy atom. The van der Waals surface area contributed by atoms with Crippen LogP contribution in [0.5, 0.6) is 0 Å². The van der Waals surface area contributed by atoms with Gasteiger partial charge in [0.2, 0.25) is 0 Å². The van der Waals surface area contributed by atoms with Crippen LogP contribution in [0.25, 0.3) is 5.32 Å². The van der Waals surface area contributed by atoms with Crippen LogP contribution in [-0.2, 0) is 31.1 Å². The van der Waals surface area contributed by atoms with Crippen LogP contribution in [0.3, 0.4) is 0 Å². The van der Waals surface area contributed by atoms with Crippen LogP contribution in [0.2, 0.25) is 0 Å². The van der Waals surface area contributed by atoms with Gasteiger partial charge < -0.3 is 14.8 Å². The molecule has 1 unspecified atom stereocenters. The van der Waals surface area contributed by atoms with Gasteiger partial charge in [0, 0.05) is 35.5 Å². The predicted octanol–water partition coefficient (Wildman–Crippen LogP) is 3.20. The molecule has 0 bridgehead atoms. The van der Waals surface area contributed by atoms with Crippen LogP contribution in [0.1, 0.15) is 92.1 Å². The fourth-order valence-electron chi connectivity index (χ4n) is 6.58. The maximum Gasteiger partial charge on any atom is 1.00 e. The van der Waals surface area contributed by atoms with Crippen molar-refractivity contribution in [2.45, 2.75) is 96.4 Å². The van der Waals surface area contributed by atoms with Crippen LogP contribution in [0, 0.1) is 0 Å². The van der Waals surface area contributed by atoms with Gasteiger partial charge in [-0.25, -0.2) is 8.42 Å². The summed E-state index contributed by atoms with van der Waals surface area (Å²) in [6.07, 6.45) is 13.1. The zero-order valence-corrected chi connectivity index (χ0v) is 37.5. The Morgan fingerprint density at radius 3 is 2.22 bits per heavy atom. The molecule has 0 amide bonds. The number of fused-ring (bicyclic) bond motifs is 2. The third kappa shape index (κ3) is 12.3. The minimum atomic E-state index is -4.22. The minimum absolute atomic E-state index is 0. The number of para-hydroxylation sites is 2. The molecule has 0 saturated carbocycles. The van der Waals surface area contributed by atoms with Crippen LogP contribution in [0.15, 0.2) is 94.7 Å². The maximum absolute atomic E-state index is 11.1. The van der Waals surface area contributed by atoms with Gasteiger partial charge in [0.05, 0.1) is 15.9 Å². The third-order valence-electron chi connectivity index (χ3n) is 9.38. The third-order valence-corrected chi connectivity index (χ3v) is 11.5. The SMILES string of the molecule is CCCCS(=O)(=O)O.[2H]C1(/C=C/C2=C(Cl)C(=C/C=C3/N(CCCCS(=O)(=O)[O-])c4ccccc4C3(C)C)/CCC2)[N-]c2ccccc2C1(C)C.[Na+].[Na+]. The molecule has 0 spiro atoms. The van der Waals surface area contributed by atoms with Crippen LogP contribution >= 0.6 is 11.6 Å². The van der Waals surface area contributed by atoms with E-state index in [1.807, 2.05) is 49.4 Å². The van der Waals surface area contributed by atoms with Crippen LogP contribution < -0.4 is 64.0 Å². The molecule has 13 heteroatoms. The molecule has 1 aliphatic carbocycles. The van der Waals surface area contributed by atoms with Crippen molar-refractivity contribution in [2.24, 2.45) is 0 Å². The first kappa shape index (κ1) is 44.5. The molecule has 2 aromatic rings. The average Bonchev–Trinajstić information content (AvgIpc) is 3.38. The van der Waals surface area contributed by atoms with Crippen molar-refractivity contribution < 1.29 is 86.4 Å². The maximum atomic E-state index is 11.1. The molecule has 2 aliphatic heterocycles. The van der Waals surface area contributed by atoms with E-state index in [2.05, 4.69) is 62.9 Å². The summed E-state index contributed by atoms with van der Waals surface area (Å²) in [6, 6.07) is 15.2. The molecule has 268 valence electrons. The van der Waals surface area contributed by atoms with Crippen molar-refractivity contribution >= 4 is 43.2 Å². The number of benzene rings is 2. The fourth-order valence-corrected chi connectivity index (χ4v) is 8.10. The molecule has 5 rings (SSSR count). The molecule has 3 aliphatic rings. The van der Waals surface area contributed by atoms with Gasteiger partial charge in [-0.15, -0.1) is 5.69 Å². The quantitative estimate of drug-likeness (QED) is 0.211. The van der Waals surface area contributed by atoms with E-state index >= 15 is 0 Å². The Labute approximate surface area is 356 Å². The Morgan fingerprint density at radius 1 is 0.961 bits per heavy atom. The second-order valence-corrected chi connectivity index (χ2v) is 17.3. The fraction of sp³-hybridized carbons (Fsp3) is 0.474. The summed E-state index contributed by atoms with van der Waals surface area (Å²) >= 11 is 7.01. The number of hydrogen-bond donors (Lipinski definition) is 1. The van der Waals surface area contributed by atoms with Crippen LogP contribution in [-0.4, -0.2) is 50.0 Å². The monoisotopic (exact) mass is 775 g/mol. The van der Waals surface area contributed by atoms with Gasteiger partial charge in [0.25, 0.3) is 10.1 Å². The first-order valence-electron chi connectivity index (χ1n) is 17.4. The molecule has 0 aromatic heterocycles. The summed E-state index contributed by atoms with van der Waals surface area (Å²) in [5.41, 5.74) is 6.75. The molecule has 1 atom stereocenters. The van der Waals surface area contributed by atoms with Gasteiger partial charge in [-0.05, 0) is 72.8 Å². The predicted molar refractivity (Wildman–Crippen MR) is 200 cm³/mol. The zero-order chi connectivity index (χ0) is 37.0. The molecular formula is C38H49ClN2Na2O6S2. The van der Waals surface area contributed by atoms with Gasteiger partial charge in [-0.1, -0.05) is 125 Å². The first-order valence-corrected chi connectivity index (χ1v) is 20.4. The Balaban J connectivity index is 0.000000841. The van der Waals surface area contributed by atoms with Crippen molar-refractivity contribution in [3.63, 3.8) is 0 Å². The summed E-state index contributed by atoms with van der Waals surface area (Å²) in [4.78, 5) is 2.25. The van der Waals surface area contributed by atoms with E-state index in [1.165, 1.54) is 5.56 Å². The zero-order valence-electron chi connectivity index (χ0n) is 32.1. The number of anilines is 1. The van der Waals surface area contributed by atoms with Crippen molar-refractivity contribution in [3.05, 3.63) is 111 Å². The molecule has 8 nitrogen and oxygen atoms in total. The van der Waals surface area contributed by atoms with E-state index in [9.17, 15) is 22.8 Å². The molecule has 1 N–H and O–H groups in total. The average molecular weight is 776 g/mol. The van der Waals surface area contributed by atoms with Crippen LogP contribution in [0.4, 0.5) is 11.4 Å². The van der Waals surface area contributed by atoms with Gasteiger partial charge >= 0.3 is 59.1 Å². The number of allylic oxidation sites excluding steroid dienone is 7. The Kier molecular flexibility index (Phi) is 17.1. The second-order valence-electron chi connectivity index (χ2n) is 13.8. The van der Waals surface area contributed by atoms with Crippen molar-refractivity contribution in [1.29, 1.82) is 0 Å². The minimum Gasteiger partial charge on any atom is -0.748 e. The molecule has 0 fully saturated rings. The molecule has 2 heterocycles. The van der Waals surface area contributed by atoms with Gasteiger partial charge in [0.15, 0.2) is 0 Å². The molecule has 2 aromatic carbocycles. The molecule has 51 heavy (non-hydrogen) atoms. The Hall–Kier alpha value is -0.890. The van der Waals surface area contributed by atoms with Crippen molar-refractivity contribution in [3.8, 4) is 0 Å². The topological polar surface area (TPSA) is 129 Å². The summed E-state index contributed by atoms with van der Waals surface area (Å²) < 4.78 is 70.6. The summed E-state index contributed by atoms with van der Waals surface area (Å²) in [5, 5.41) is 5.50. The standard InChI is InChI=1S/C34H40ClN2O3S.C4H10O3S.2Na/c1-33(2)26-14-5-7-16-28(26)36-30(33)20-18-24-12-11-13-25(32(24)35)19-21-31-34(3,4)27-15-6-8-17-29(27)37(31)22-9-10-23-41(38,39)40;1-2-3-4-8(5,6)7;;/h5-8,14-21,30H,9-13,22-23H2,1-4H3,(H,38,39,40);2-4H2,1H3,(H,5,6,7);;/q-1;;2*+1/p-1/b20-18+,25-19+,31-21+;;;/i30D;;;. The molecule has 0 radical (unpaired) electrons. The van der Waals surface area contributed by atoms with Crippen molar-refractivity contribution in [1.82, 2.24) is 0 Å². The van der Waals surface area contributed by atoms with E-state index in [0.29, 0.717) is 25.8 Å². The summed E-state index contributed by atoms with van der Waals surface area (Å²) in [7, 11) is -7.91. The van der Waals surface area contributed by atoms with E-state index in [-0.39, 0.29) is 76.0 Å². The van der Waals surface area contributed by atoms with E-state index < -0.39 is 31.7 Å². The molecule has 0 saturated heterocycles. The largest absolute Gasteiger partial charge is 1.00 e.